The molecule has 3 heteroatoms. The summed E-state index contributed by atoms with van der Waals surface area (Å²) in [6.45, 7) is 8.75. The molecule has 1 aromatic rings. The number of ether oxygens (including phenoxy) is 1. The van der Waals surface area contributed by atoms with E-state index in [0.717, 1.165) is 5.75 Å². The summed E-state index contributed by atoms with van der Waals surface area (Å²) in [5.41, 5.74) is 0.668. The van der Waals surface area contributed by atoms with Crippen LogP contribution in [-0.2, 0) is 0 Å². The monoisotopic (exact) mass is 235 g/mol. The van der Waals surface area contributed by atoms with E-state index >= 15 is 0 Å². The fraction of sp³-hybridized carbons (Fsp3) is 0.500. The zero-order chi connectivity index (χ0) is 12.8. The van der Waals surface area contributed by atoms with Crippen molar-refractivity contribution in [2.24, 2.45) is 5.92 Å². The van der Waals surface area contributed by atoms with E-state index in [9.17, 15) is 4.79 Å². The van der Waals surface area contributed by atoms with Crippen LogP contribution >= 0.6 is 0 Å². The highest BCUT2D eigenvalue weighted by atomic mass is 16.5. The summed E-state index contributed by atoms with van der Waals surface area (Å²) in [6.07, 6.45) is 0. The second-order valence-corrected chi connectivity index (χ2v) is 4.46. The van der Waals surface area contributed by atoms with Crippen LogP contribution in [-0.4, -0.2) is 18.6 Å². The number of carbonyl (C=O) groups is 1. The van der Waals surface area contributed by atoms with Crippen LogP contribution in [0.25, 0.3) is 0 Å². The average molecular weight is 235 g/mol. The fourth-order valence-corrected chi connectivity index (χ4v) is 1.33. The number of nitrogens with one attached hydrogen (secondary N) is 1. The van der Waals surface area contributed by atoms with Crippen molar-refractivity contribution >= 4 is 5.91 Å². The van der Waals surface area contributed by atoms with Crippen LogP contribution in [0.4, 0.5) is 0 Å². The normalized spacial score (nSPS) is 12.3. The molecule has 1 N–H and O–H groups in total. The first kappa shape index (κ1) is 13.6. The SMILES string of the molecule is CCOc1ccc(C(=O)N[C@H](C)C(C)C)cc1. The van der Waals surface area contributed by atoms with E-state index in [-0.39, 0.29) is 11.9 Å². The van der Waals surface area contributed by atoms with Crippen LogP contribution < -0.4 is 10.1 Å². The van der Waals surface area contributed by atoms with E-state index in [0.29, 0.717) is 18.1 Å². The molecule has 0 fully saturated rings. The van der Waals surface area contributed by atoms with E-state index in [2.05, 4.69) is 19.2 Å². The van der Waals surface area contributed by atoms with Crippen molar-refractivity contribution in [2.45, 2.75) is 33.7 Å². The molecule has 0 saturated carbocycles. The number of benzene rings is 1. The number of carbonyl (C=O) groups excluding carboxylic acids is 1. The first-order valence-electron chi connectivity index (χ1n) is 6.08. The third kappa shape index (κ3) is 4.10. The molecule has 0 radical (unpaired) electrons. The van der Waals surface area contributed by atoms with Gasteiger partial charge in [0, 0.05) is 11.6 Å². The Bertz CT molecular complexity index is 357. The molecule has 0 spiro atoms. The summed E-state index contributed by atoms with van der Waals surface area (Å²) in [6, 6.07) is 7.38. The first-order valence-corrected chi connectivity index (χ1v) is 6.08. The minimum absolute atomic E-state index is 0.0331. The first-order chi connectivity index (χ1) is 8.04. The van der Waals surface area contributed by atoms with Gasteiger partial charge in [0.2, 0.25) is 0 Å². The van der Waals surface area contributed by atoms with Crippen molar-refractivity contribution in [1.82, 2.24) is 5.32 Å². The lowest BCUT2D eigenvalue weighted by Crippen LogP contribution is -2.36. The topological polar surface area (TPSA) is 38.3 Å². The van der Waals surface area contributed by atoms with Crippen LogP contribution in [0.5, 0.6) is 5.75 Å². The summed E-state index contributed by atoms with van der Waals surface area (Å²) in [4.78, 5) is 11.9. The molecule has 1 atom stereocenters. The highest BCUT2D eigenvalue weighted by Crippen LogP contribution is 2.12. The number of amides is 1. The maximum atomic E-state index is 11.9. The molecule has 1 rings (SSSR count). The van der Waals surface area contributed by atoms with Crippen molar-refractivity contribution in [1.29, 1.82) is 0 Å². The lowest BCUT2D eigenvalue weighted by Gasteiger charge is -2.17. The molecule has 1 amide bonds. The van der Waals surface area contributed by atoms with Gasteiger partial charge in [-0.25, -0.2) is 0 Å². The lowest BCUT2D eigenvalue weighted by atomic mass is 10.1. The van der Waals surface area contributed by atoms with Gasteiger partial charge in [0.05, 0.1) is 6.61 Å². The van der Waals surface area contributed by atoms with Crippen molar-refractivity contribution in [3.8, 4) is 5.75 Å². The van der Waals surface area contributed by atoms with Gasteiger partial charge >= 0.3 is 0 Å². The molecule has 0 aromatic heterocycles. The van der Waals surface area contributed by atoms with E-state index in [1.54, 1.807) is 12.1 Å². The molecule has 0 bridgehead atoms. The van der Waals surface area contributed by atoms with Crippen LogP contribution in [0.1, 0.15) is 38.1 Å². The van der Waals surface area contributed by atoms with E-state index in [4.69, 9.17) is 4.74 Å². The van der Waals surface area contributed by atoms with Gasteiger partial charge in [-0.2, -0.15) is 0 Å². The average Bonchev–Trinajstić information content (AvgIpc) is 2.30. The standard InChI is InChI=1S/C14H21NO2/c1-5-17-13-8-6-12(7-9-13)14(16)15-11(4)10(2)3/h6-11H,5H2,1-4H3,(H,15,16)/t11-/m1/s1. The molecule has 0 heterocycles. The Balaban J connectivity index is 2.63. The Morgan fingerprint density at radius 2 is 1.82 bits per heavy atom. The van der Waals surface area contributed by atoms with Crippen LogP contribution in [0.2, 0.25) is 0 Å². The van der Waals surface area contributed by atoms with Crippen molar-refractivity contribution in [3.05, 3.63) is 29.8 Å². The van der Waals surface area contributed by atoms with E-state index in [1.165, 1.54) is 0 Å². The smallest absolute Gasteiger partial charge is 0.251 e. The number of rotatable bonds is 5. The van der Waals surface area contributed by atoms with Gasteiger partial charge in [0.1, 0.15) is 5.75 Å². The zero-order valence-electron chi connectivity index (χ0n) is 11.0. The minimum atomic E-state index is -0.0331. The van der Waals surface area contributed by atoms with Crippen molar-refractivity contribution in [2.75, 3.05) is 6.61 Å². The number of hydrogen-bond acceptors (Lipinski definition) is 2. The Labute approximate surface area is 103 Å². The Kier molecular flexibility index (Phi) is 5.01. The summed E-state index contributed by atoms with van der Waals surface area (Å²) < 4.78 is 5.33. The van der Waals surface area contributed by atoms with E-state index < -0.39 is 0 Å². The quantitative estimate of drug-likeness (QED) is 0.852. The predicted octanol–water partition coefficient (Wildman–Crippen LogP) is 2.86. The minimum Gasteiger partial charge on any atom is -0.494 e. The van der Waals surface area contributed by atoms with E-state index in [1.807, 2.05) is 26.0 Å². The molecular formula is C14H21NO2. The fourth-order valence-electron chi connectivity index (χ4n) is 1.33. The summed E-state index contributed by atoms with van der Waals surface area (Å²) in [7, 11) is 0. The summed E-state index contributed by atoms with van der Waals surface area (Å²) in [5, 5.41) is 2.97. The molecule has 0 unspecified atom stereocenters. The highest BCUT2D eigenvalue weighted by molar-refractivity contribution is 5.94. The zero-order valence-corrected chi connectivity index (χ0v) is 11.0. The number of hydrogen-bond donors (Lipinski definition) is 1. The Morgan fingerprint density at radius 1 is 1.24 bits per heavy atom. The van der Waals surface area contributed by atoms with Crippen LogP contribution in [0, 0.1) is 5.92 Å². The molecule has 0 aliphatic carbocycles. The van der Waals surface area contributed by atoms with Crippen molar-refractivity contribution in [3.63, 3.8) is 0 Å². The second-order valence-electron chi connectivity index (χ2n) is 4.46. The third-order valence-electron chi connectivity index (χ3n) is 2.79. The van der Waals surface area contributed by atoms with Gasteiger partial charge in [0.15, 0.2) is 0 Å². The summed E-state index contributed by atoms with van der Waals surface area (Å²) in [5.74, 6) is 1.19. The van der Waals surface area contributed by atoms with Gasteiger partial charge in [-0.3, -0.25) is 4.79 Å². The summed E-state index contributed by atoms with van der Waals surface area (Å²) >= 11 is 0. The molecule has 17 heavy (non-hydrogen) atoms. The van der Waals surface area contributed by atoms with Crippen LogP contribution in [0.3, 0.4) is 0 Å². The van der Waals surface area contributed by atoms with Gasteiger partial charge < -0.3 is 10.1 Å². The van der Waals surface area contributed by atoms with Crippen molar-refractivity contribution < 1.29 is 9.53 Å². The van der Waals surface area contributed by atoms with Gasteiger partial charge in [-0.05, 0) is 44.0 Å². The van der Waals surface area contributed by atoms with Crippen LogP contribution in [0.15, 0.2) is 24.3 Å². The Morgan fingerprint density at radius 3 is 2.29 bits per heavy atom. The van der Waals surface area contributed by atoms with Gasteiger partial charge in [0.25, 0.3) is 5.91 Å². The van der Waals surface area contributed by atoms with Gasteiger partial charge in [-0.1, -0.05) is 13.8 Å². The molecule has 0 saturated heterocycles. The third-order valence-corrected chi connectivity index (χ3v) is 2.79. The Hall–Kier alpha value is -1.51. The second kappa shape index (κ2) is 6.28. The molecular weight excluding hydrogens is 214 g/mol. The maximum absolute atomic E-state index is 11.9. The molecule has 1 aromatic carbocycles. The maximum Gasteiger partial charge on any atom is 0.251 e. The predicted molar refractivity (Wildman–Crippen MR) is 69.4 cm³/mol. The highest BCUT2D eigenvalue weighted by Gasteiger charge is 2.12. The largest absolute Gasteiger partial charge is 0.494 e. The molecule has 0 aliphatic heterocycles. The molecule has 3 nitrogen and oxygen atoms in total. The molecule has 0 aliphatic rings. The van der Waals surface area contributed by atoms with Gasteiger partial charge in [-0.15, -0.1) is 0 Å². The lowest BCUT2D eigenvalue weighted by molar-refractivity contribution is 0.0930. The molecule has 94 valence electrons.